The zero-order valence-corrected chi connectivity index (χ0v) is 9.44. The summed E-state index contributed by atoms with van der Waals surface area (Å²) in [6, 6.07) is 9.52. The van der Waals surface area contributed by atoms with Crippen molar-refractivity contribution >= 4 is 17.4 Å². The van der Waals surface area contributed by atoms with Crippen molar-refractivity contribution in [1.29, 1.82) is 0 Å². The highest BCUT2D eigenvalue weighted by Crippen LogP contribution is 2.24. The van der Waals surface area contributed by atoms with Crippen LogP contribution in [0.5, 0.6) is 0 Å². The minimum Gasteiger partial charge on any atom is -0.382 e. The van der Waals surface area contributed by atoms with E-state index in [4.69, 9.17) is 0 Å². The minimum atomic E-state index is 0.736. The maximum atomic E-state index is 3.57. The highest BCUT2D eigenvalue weighted by Gasteiger charge is 2.16. The molecule has 0 aliphatic heterocycles. The molecule has 1 aromatic carbocycles. The van der Waals surface area contributed by atoms with Crippen LogP contribution in [-0.4, -0.2) is 12.3 Å². The van der Waals surface area contributed by atoms with Gasteiger partial charge in [-0.15, -0.1) is 0 Å². The Labute approximate surface area is 90.3 Å². The molecule has 0 radical (unpaired) electrons. The van der Waals surface area contributed by atoms with E-state index in [2.05, 4.69) is 35.8 Å². The molecule has 0 spiro atoms. The second-order valence-corrected chi connectivity index (χ2v) is 4.77. The molecule has 0 unspecified atom stereocenters. The van der Waals surface area contributed by atoms with Crippen LogP contribution in [0.25, 0.3) is 0 Å². The summed E-state index contributed by atoms with van der Waals surface area (Å²) in [6.45, 7) is 0. The zero-order chi connectivity index (χ0) is 9.80. The van der Waals surface area contributed by atoms with Gasteiger partial charge in [-0.05, 0) is 43.2 Å². The van der Waals surface area contributed by atoms with Crippen LogP contribution in [0.4, 0.5) is 5.69 Å². The fourth-order valence-corrected chi connectivity index (χ4v) is 2.22. The van der Waals surface area contributed by atoms with Gasteiger partial charge in [-0.25, -0.2) is 0 Å². The third-order valence-corrected chi connectivity index (χ3v) is 3.34. The van der Waals surface area contributed by atoms with E-state index in [9.17, 15) is 0 Å². The average Bonchev–Trinajstić information content (AvgIpc) is 2.13. The number of anilines is 1. The van der Waals surface area contributed by atoms with Gasteiger partial charge in [0.15, 0.2) is 0 Å². The van der Waals surface area contributed by atoms with Gasteiger partial charge in [0.2, 0.25) is 0 Å². The summed E-state index contributed by atoms with van der Waals surface area (Å²) in [4.78, 5) is 0. The maximum absolute atomic E-state index is 3.57. The second kappa shape index (κ2) is 4.74. The fourth-order valence-electron chi connectivity index (χ4n) is 1.71. The van der Waals surface area contributed by atoms with E-state index in [1.54, 1.807) is 0 Å². The first-order chi connectivity index (χ1) is 6.88. The maximum Gasteiger partial charge on any atom is 0.0345 e. The van der Waals surface area contributed by atoms with Crippen LogP contribution in [0.15, 0.2) is 24.3 Å². The van der Waals surface area contributed by atoms with Crippen molar-refractivity contribution < 1.29 is 0 Å². The first-order valence-corrected chi connectivity index (χ1v) is 6.62. The third-order valence-electron chi connectivity index (χ3n) is 2.71. The molecule has 0 aromatic heterocycles. The van der Waals surface area contributed by atoms with Crippen molar-refractivity contribution in [2.75, 3.05) is 11.6 Å². The van der Waals surface area contributed by atoms with Gasteiger partial charge in [0.1, 0.15) is 0 Å². The standard InChI is InChI=1S/C12H17NS/c1-14-9-10-4-2-7-12(8-10)13-11-5-3-6-11/h2,4,7-8,11,13H,3,5-6,9H2,1H3. The topological polar surface area (TPSA) is 12.0 Å². The van der Waals surface area contributed by atoms with Gasteiger partial charge in [0, 0.05) is 17.5 Å². The number of nitrogens with one attached hydrogen (secondary N) is 1. The molecule has 0 amide bonds. The summed E-state index contributed by atoms with van der Waals surface area (Å²) >= 11 is 1.87. The van der Waals surface area contributed by atoms with Crippen LogP contribution in [0.1, 0.15) is 24.8 Å². The Morgan fingerprint density at radius 1 is 1.43 bits per heavy atom. The molecule has 0 atom stereocenters. The van der Waals surface area contributed by atoms with Crippen molar-refractivity contribution in [2.45, 2.75) is 31.1 Å². The van der Waals surface area contributed by atoms with E-state index in [1.165, 1.54) is 30.5 Å². The van der Waals surface area contributed by atoms with E-state index in [0.29, 0.717) is 0 Å². The summed E-state index contributed by atoms with van der Waals surface area (Å²) in [5.41, 5.74) is 2.71. The fraction of sp³-hybridized carbons (Fsp3) is 0.500. The second-order valence-electron chi connectivity index (χ2n) is 3.91. The Balaban J connectivity index is 1.97. The van der Waals surface area contributed by atoms with Crippen molar-refractivity contribution in [2.24, 2.45) is 0 Å². The molecule has 76 valence electrons. The molecule has 2 rings (SSSR count). The first kappa shape index (κ1) is 9.91. The first-order valence-electron chi connectivity index (χ1n) is 5.23. The lowest BCUT2D eigenvalue weighted by Crippen LogP contribution is -2.26. The van der Waals surface area contributed by atoms with Crippen LogP contribution < -0.4 is 5.32 Å². The SMILES string of the molecule is CSCc1cccc(NC2CCC2)c1. The molecule has 0 bridgehead atoms. The van der Waals surface area contributed by atoms with Crippen molar-refractivity contribution in [3.05, 3.63) is 29.8 Å². The number of rotatable bonds is 4. The number of hydrogen-bond donors (Lipinski definition) is 1. The van der Waals surface area contributed by atoms with E-state index < -0.39 is 0 Å². The van der Waals surface area contributed by atoms with Crippen molar-refractivity contribution in [3.8, 4) is 0 Å². The largest absolute Gasteiger partial charge is 0.382 e. The lowest BCUT2D eigenvalue weighted by molar-refractivity contribution is 0.445. The highest BCUT2D eigenvalue weighted by atomic mass is 32.2. The van der Waals surface area contributed by atoms with E-state index in [0.717, 1.165) is 11.8 Å². The normalized spacial score (nSPS) is 16.4. The predicted molar refractivity (Wildman–Crippen MR) is 64.9 cm³/mol. The van der Waals surface area contributed by atoms with E-state index in [1.807, 2.05) is 11.8 Å². The monoisotopic (exact) mass is 207 g/mol. The molecule has 14 heavy (non-hydrogen) atoms. The Morgan fingerprint density at radius 2 is 2.29 bits per heavy atom. The minimum absolute atomic E-state index is 0.736. The molecule has 1 saturated carbocycles. The Kier molecular flexibility index (Phi) is 3.35. The predicted octanol–water partition coefficient (Wildman–Crippen LogP) is 3.51. The highest BCUT2D eigenvalue weighted by molar-refractivity contribution is 7.97. The molecule has 0 heterocycles. The Morgan fingerprint density at radius 3 is 2.93 bits per heavy atom. The summed E-state index contributed by atoms with van der Waals surface area (Å²) in [7, 11) is 0. The molecule has 1 N–H and O–H groups in total. The lowest BCUT2D eigenvalue weighted by atomic mass is 9.93. The van der Waals surface area contributed by atoms with E-state index in [-0.39, 0.29) is 0 Å². The van der Waals surface area contributed by atoms with Gasteiger partial charge in [0.25, 0.3) is 0 Å². The Hall–Kier alpha value is -0.630. The van der Waals surface area contributed by atoms with Gasteiger partial charge in [-0.1, -0.05) is 12.1 Å². The summed E-state index contributed by atoms with van der Waals surface area (Å²) < 4.78 is 0. The van der Waals surface area contributed by atoms with Crippen molar-refractivity contribution in [1.82, 2.24) is 0 Å². The summed E-state index contributed by atoms with van der Waals surface area (Å²) in [5.74, 6) is 1.11. The van der Waals surface area contributed by atoms with Crippen LogP contribution in [0.2, 0.25) is 0 Å². The van der Waals surface area contributed by atoms with Crippen LogP contribution >= 0.6 is 11.8 Å². The summed E-state index contributed by atoms with van der Waals surface area (Å²) in [5, 5.41) is 3.57. The smallest absolute Gasteiger partial charge is 0.0345 e. The van der Waals surface area contributed by atoms with Gasteiger partial charge >= 0.3 is 0 Å². The molecular weight excluding hydrogens is 190 g/mol. The lowest BCUT2D eigenvalue weighted by Gasteiger charge is -2.27. The molecule has 2 heteroatoms. The molecular formula is C12H17NS. The number of hydrogen-bond acceptors (Lipinski definition) is 2. The van der Waals surface area contributed by atoms with Gasteiger partial charge in [0.05, 0.1) is 0 Å². The molecule has 1 aliphatic rings. The average molecular weight is 207 g/mol. The molecule has 0 saturated heterocycles. The summed E-state index contributed by atoms with van der Waals surface area (Å²) in [6.07, 6.45) is 6.22. The van der Waals surface area contributed by atoms with E-state index >= 15 is 0 Å². The van der Waals surface area contributed by atoms with Gasteiger partial charge in [-0.2, -0.15) is 11.8 Å². The zero-order valence-electron chi connectivity index (χ0n) is 8.62. The van der Waals surface area contributed by atoms with Crippen molar-refractivity contribution in [3.63, 3.8) is 0 Å². The molecule has 1 aromatic rings. The Bertz CT molecular complexity index is 294. The van der Waals surface area contributed by atoms with Crippen LogP contribution in [-0.2, 0) is 5.75 Å². The number of benzene rings is 1. The van der Waals surface area contributed by atoms with Crippen LogP contribution in [0.3, 0.4) is 0 Å². The quantitative estimate of drug-likeness (QED) is 0.811. The third kappa shape index (κ3) is 2.44. The van der Waals surface area contributed by atoms with Gasteiger partial charge < -0.3 is 5.32 Å². The van der Waals surface area contributed by atoms with Gasteiger partial charge in [-0.3, -0.25) is 0 Å². The molecule has 1 fully saturated rings. The van der Waals surface area contributed by atoms with Crippen LogP contribution in [0, 0.1) is 0 Å². The molecule has 1 aliphatic carbocycles. The number of thioether (sulfide) groups is 1. The molecule has 1 nitrogen and oxygen atoms in total.